The van der Waals surface area contributed by atoms with E-state index < -0.39 is 5.54 Å². The first-order valence-corrected chi connectivity index (χ1v) is 8.72. The van der Waals surface area contributed by atoms with Crippen molar-refractivity contribution < 1.29 is 4.79 Å². The van der Waals surface area contributed by atoms with Crippen molar-refractivity contribution in [3.8, 4) is 5.82 Å². The highest BCUT2D eigenvalue weighted by molar-refractivity contribution is 5.85. The molecule has 0 atom stereocenters. The molecule has 0 spiro atoms. The van der Waals surface area contributed by atoms with Gasteiger partial charge in [0.1, 0.15) is 5.54 Å². The lowest BCUT2D eigenvalue weighted by molar-refractivity contribution is -0.132. The molecule has 0 radical (unpaired) electrons. The third-order valence-corrected chi connectivity index (χ3v) is 4.80. The number of rotatable bonds is 5. The van der Waals surface area contributed by atoms with Crippen LogP contribution in [0.2, 0.25) is 0 Å². The Balaban J connectivity index is 0.00000140. The largest absolute Gasteiger partial charge is 0.350 e. The van der Waals surface area contributed by atoms with E-state index in [0.717, 1.165) is 37.3 Å². The fourth-order valence-corrected chi connectivity index (χ4v) is 3.37. The van der Waals surface area contributed by atoms with Gasteiger partial charge in [-0.25, -0.2) is 9.67 Å². The third-order valence-electron chi connectivity index (χ3n) is 4.80. The van der Waals surface area contributed by atoms with E-state index in [1.54, 1.807) is 28.0 Å². The fourth-order valence-electron chi connectivity index (χ4n) is 3.37. The molecule has 1 aliphatic heterocycles. The smallest absolute Gasteiger partial charge is 0.248 e. The predicted molar refractivity (Wildman–Crippen MR) is 110 cm³/mol. The van der Waals surface area contributed by atoms with Gasteiger partial charge < -0.3 is 10.6 Å². The molecule has 0 aromatic carbocycles. The van der Waals surface area contributed by atoms with Gasteiger partial charge >= 0.3 is 0 Å². The zero-order valence-electron chi connectivity index (χ0n) is 15.2. The van der Waals surface area contributed by atoms with E-state index in [2.05, 4.69) is 25.8 Å². The SMILES string of the molecule is Cl.Cl.O=C(NCc1ccnc(-n2cccn2)c1)C1(n2cccn2)CCNCC1. The first kappa shape index (κ1) is 21.9. The van der Waals surface area contributed by atoms with E-state index in [1.165, 1.54) is 0 Å². The summed E-state index contributed by atoms with van der Waals surface area (Å²) < 4.78 is 3.49. The van der Waals surface area contributed by atoms with Crippen LogP contribution in [0.15, 0.2) is 55.2 Å². The van der Waals surface area contributed by atoms with Crippen molar-refractivity contribution in [2.45, 2.75) is 24.9 Å². The van der Waals surface area contributed by atoms with E-state index >= 15 is 0 Å². The molecule has 0 bridgehead atoms. The highest BCUT2D eigenvalue weighted by Crippen LogP contribution is 2.27. The Morgan fingerprint density at radius 2 is 1.86 bits per heavy atom. The van der Waals surface area contributed by atoms with E-state index in [0.29, 0.717) is 6.54 Å². The van der Waals surface area contributed by atoms with Gasteiger partial charge in [0.05, 0.1) is 0 Å². The highest BCUT2D eigenvalue weighted by Gasteiger charge is 2.41. The summed E-state index contributed by atoms with van der Waals surface area (Å²) in [5.41, 5.74) is 0.343. The van der Waals surface area contributed by atoms with Crippen LogP contribution in [0.5, 0.6) is 0 Å². The molecule has 0 unspecified atom stereocenters. The molecule has 28 heavy (non-hydrogen) atoms. The van der Waals surface area contributed by atoms with Crippen LogP contribution in [0.4, 0.5) is 0 Å². The summed E-state index contributed by atoms with van der Waals surface area (Å²) in [6, 6.07) is 7.53. The monoisotopic (exact) mass is 423 g/mol. The first-order valence-electron chi connectivity index (χ1n) is 8.72. The molecule has 1 amide bonds. The number of pyridine rings is 1. The molecule has 8 nitrogen and oxygen atoms in total. The fraction of sp³-hybridized carbons (Fsp3) is 0.333. The summed E-state index contributed by atoms with van der Waals surface area (Å²) >= 11 is 0. The van der Waals surface area contributed by atoms with Crippen LogP contribution in [-0.2, 0) is 16.9 Å². The lowest BCUT2D eigenvalue weighted by Crippen LogP contribution is -2.54. The van der Waals surface area contributed by atoms with Crippen LogP contribution in [0.25, 0.3) is 5.82 Å². The molecule has 1 saturated heterocycles. The lowest BCUT2D eigenvalue weighted by atomic mass is 9.87. The van der Waals surface area contributed by atoms with Crippen molar-refractivity contribution in [2.75, 3.05) is 13.1 Å². The van der Waals surface area contributed by atoms with E-state index in [4.69, 9.17) is 0 Å². The Labute approximate surface area is 175 Å². The Bertz CT molecular complexity index is 862. The second kappa shape index (κ2) is 9.68. The van der Waals surface area contributed by atoms with E-state index in [9.17, 15) is 4.79 Å². The van der Waals surface area contributed by atoms with Crippen LogP contribution in [0.1, 0.15) is 18.4 Å². The number of carbonyl (C=O) groups excluding carboxylic acids is 1. The molecule has 3 aromatic rings. The highest BCUT2D eigenvalue weighted by atomic mass is 35.5. The molecule has 10 heteroatoms. The van der Waals surface area contributed by atoms with E-state index in [-0.39, 0.29) is 30.7 Å². The Kier molecular flexibility index (Phi) is 7.56. The average molecular weight is 424 g/mol. The molecule has 150 valence electrons. The topological polar surface area (TPSA) is 89.7 Å². The minimum absolute atomic E-state index is 0. The van der Waals surface area contributed by atoms with Gasteiger partial charge in [-0.3, -0.25) is 9.48 Å². The second-order valence-corrected chi connectivity index (χ2v) is 6.39. The molecule has 0 saturated carbocycles. The van der Waals surface area contributed by atoms with Crippen molar-refractivity contribution in [3.63, 3.8) is 0 Å². The Morgan fingerprint density at radius 3 is 2.54 bits per heavy atom. The zero-order chi connectivity index (χ0) is 17.8. The van der Waals surface area contributed by atoms with Gasteiger partial charge in [0.15, 0.2) is 5.82 Å². The average Bonchev–Trinajstić information content (AvgIpc) is 3.41. The number of carbonyl (C=O) groups is 1. The minimum Gasteiger partial charge on any atom is -0.350 e. The normalized spacial score (nSPS) is 15.1. The second-order valence-electron chi connectivity index (χ2n) is 6.39. The molecule has 4 heterocycles. The molecule has 1 fully saturated rings. The third kappa shape index (κ3) is 4.35. The van der Waals surface area contributed by atoms with Crippen LogP contribution in [0, 0.1) is 0 Å². The predicted octanol–water partition coefficient (Wildman–Crippen LogP) is 1.70. The summed E-state index contributed by atoms with van der Waals surface area (Å²) in [5.74, 6) is 0.727. The number of nitrogens with zero attached hydrogens (tertiary/aromatic N) is 5. The summed E-state index contributed by atoms with van der Waals surface area (Å²) in [5, 5.41) is 14.9. The number of hydrogen-bond donors (Lipinski definition) is 2. The van der Waals surface area contributed by atoms with Gasteiger partial charge in [-0.15, -0.1) is 24.8 Å². The van der Waals surface area contributed by atoms with Crippen LogP contribution >= 0.6 is 24.8 Å². The van der Waals surface area contributed by atoms with Gasteiger partial charge in [0.25, 0.3) is 0 Å². The number of hydrogen-bond acceptors (Lipinski definition) is 5. The van der Waals surface area contributed by atoms with Crippen molar-refractivity contribution in [1.29, 1.82) is 0 Å². The first-order chi connectivity index (χ1) is 12.8. The summed E-state index contributed by atoms with van der Waals surface area (Å²) in [6.07, 6.45) is 10.3. The van der Waals surface area contributed by atoms with Gasteiger partial charge in [0, 0.05) is 37.5 Å². The maximum Gasteiger partial charge on any atom is 0.248 e. The molecule has 3 aromatic heterocycles. The summed E-state index contributed by atoms with van der Waals surface area (Å²) in [4.78, 5) is 17.4. The Morgan fingerprint density at radius 1 is 1.11 bits per heavy atom. The van der Waals surface area contributed by atoms with Crippen LogP contribution in [-0.4, -0.2) is 43.5 Å². The van der Waals surface area contributed by atoms with Crippen LogP contribution in [0.3, 0.4) is 0 Å². The molecule has 2 N–H and O–H groups in total. The van der Waals surface area contributed by atoms with Crippen molar-refractivity contribution in [1.82, 2.24) is 35.2 Å². The van der Waals surface area contributed by atoms with Gasteiger partial charge in [-0.05, 0) is 55.8 Å². The molecule has 4 rings (SSSR count). The van der Waals surface area contributed by atoms with Gasteiger partial charge in [-0.2, -0.15) is 10.2 Å². The molecule has 0 aliphatic carbocycles. The number of halogens is 2. The van der Waals surface area contributed by atoms with E-state index in [1.807, 2.05) is 36.7 Å². The Hall–Kier alpha value is -2.42. The maximum atomic E-state index is 13.1. The zero-order valence-corrected chi connectivity index (χ0v) is 16.8. The molecule has 1 aliphatic rings. The minimum atomic E-state index is -0.632. The van der Waals surface area contributed by atoms with Crippen molar-refractivity contribution >= 4 is 30.7 Å². The number of piperidine rings is 1. The van der Waals surface area contributed by atoms with Gasteiger partial charge in [-0.1, -0.05) is 0 Å². The lowest BCUT2D eigenvalue weighted by Gasteiger charge is -2.36. The number of nitrogens with one attached hydrogen (secondary N) is 2. The van der Waals surface area contributed by atoms with Crippen molar-refractivity contribution in [2.24, 2.45) is 0 Å². The quantitative estimate of drug-likeness (QED) is 0.651. The summed E-state index contributed by atoms with van der Waals surface area (Å²) in [6.45, 7) is 2.03. The van der Waals surface area contributed by atoms with Crippen LogP contribution < -0.4 is 10.6 Å². The maximum absolute atomic E-state index is 13.1. The number of amides is 1. The summed E-state index contributed by atoms with van der Waals surface area (Å²) in [7, 11) is 0. The number of aromatic nitrogens is 5. The standard InChI is InChI=1S/C18H21N7O.2ClH/c26-17(18(4-9-19-10-5-18)25-12-2-7-23-25)21-14-15-3-8-20-16(13-15)24-11-1-6-22-24;;/h1-3,6-8,11-13,19H,4-5,9-10,14H2,(H,21,26);2*1H. The van der Waals surface area contributed by atoms with Crippen molar-refractivity contribution in [3.05, 3.63) is 60.8 Å². The van der Waals surface area contributed by atoms with Gasteiger partial charge in [0.2, 0.25) is 5.91 Å². The molecular formula is C18H23Cl2N7O. The molecular weight excluding hydrogens is 401 g/mol.